The zero-order valence-corrected chi connectivity index (χ0v) is 11.1. The molecule has 1 aromatic carbocycles. The molecule has 0 spiro atoms. The Hall–Kier alpha value is -1.22. The van der Waals surface area contributed by atoms with Gasteiger partial charge in [0.1, 0.15) is 0 Å². The van der Waals surface area contributed by atoms with Crippen molar-refractivity contribution in [3.63, 3.8) is 0 Å². The van der Waals surface area contributed by atoms with Crippen molar-refractivity contribution in [1.29, 1.82) is 0 Å². The lowest BCUT2D eigenvalue weighted by atomic mass is 10.0. The highest BCUT2D eigenvalue weighted by Crippen LogP contribution is 2.25. The Morgan fingerprint density at radius 3 is 2.82 bits per heavy atom. The number of rotatable bonds is 2. The maximum absolute atomic E-state index is 5.80. The van der Waals surface area contributed by atoms with Crippen LogP contribution in [0.1, 0.15) is 18.4 Å². The lowest BCUT2D eigenvalue weighted by molar-refractivity contribution is 0.248. The summed E-state index contributed by atoms with van der Waals surface area (Å²) >= 11 is 0. The van der Waals surface area contributed by atoms with Gasteiger partial charge >= 0.3 is 0 Å². The van der Waals surface area contributed by atoms with Gasteiger partial charge in [-0.3, -0.25) is 0 Å². The van der Waals surface area contributed by atoms with Gasteiger partial charge in [-0.2, -0.15) is 0 Å². The van der Waals surface area contributed by atoms with Crippen LogP contribution in [0, 0.1) is 6.92 Å². The Morgan fingerprint density at radius 2 is 2.18 bits per heavy atom. The molecule has 0 amide bonds. The van der Waals surface area contributed by atoms with Crippen LogP contribution in [0.2, 0.25) is 0 Å². The Labute approximate surface area is 104 Å². The zero-order valence-electron chi connectivity index (χ0n) is 11.1. The summed E-state index contributed by atoms with van der Waals surface area (Å²) < 4.78 is 0. The fourth-order valence-electron chi connectivity index (χ4n) is 2.73. The number of nitrogens with two attached hydrogens (primary N) is 1. The largest absolute Gasteiger partial charge is 0.399 e. The zero-order chi connectivity index (χ0) is 12.4. The molecule has 94 valence electrons. The van der Waals surface area contributed by atoms with Crippen molar-refractivity contribution in [3.8, 4) is 0 Å². The van der Waals surface area contributed by atoms with Crippen LogP contribution in [0.4, 0.5) is 11.4 Å². The molecule has 1 aliphatic rings. The number of benzene rings is 1. The van der Waals surface area contributed by atoms with Crippen molar-refractivity contribution < 1.29 is 0 Å². The van der Waals surface area contributed by atoms with Gasteiger partial charge in [-0.1, -0.05) is 0 Å². The minimum absolute atomic E-state index is 0.621. The van der Waals surface area contributed by atoms with Gasteiger partial charge in [0, 0.05) is 31.0 Å². The van der Waals surface area contributed by atoms with Gasteiger partial charge < -0.3 is 15.5 Å². The van der Waals surface area contributed by atoms with Crippen LogP contribution in [0.3, 0.4) is 0 Å². The number of hydrogen-bond donors (Lipinski definition) is 1. The molecule has 0 saturated carbocycles. The third-order valence-electron chi connectivity index (χ3n) is 3.75. The van der Waals surface area contributed by atoms with Gasteiger partial charge in [0.05, 0.1) is 0 Å². The summed E-state index contributed by atoms with van der Waals surface area (Å²) in [7, 11) is 4.40. The first-order valence-corrected chi connectivity index (χ1v) is 6.35. The number of piperidine rings is 1. The third kappa shape index (κ3) is 2.72. The molecular formula is C14H23N3. The summed E-state index contributed by atoms with van der Waals surface area (Å²) in [5.41, 5.74) is 9.22. The predicted molar refractivity (Wildman–Crippen MR) is 74.5 cm³/mol. The first-order chi connectivity index (χ1) is 8.08. The van der Waals surface area contributed by atoms with E-state index in [4.69, 9.17) is 5.73 Å². The Morgan fingerprint density at radius 1 is 1.41 bits per heavy atom. The molecule has 0 bridgehead atoms. The average molecular weight is 233 g/mol. The maximum Gasteiger partial charge on any atom is 0.0414 e. The number of aryl methyl sites for hydroxylation is 1. The van der Waals surface area contributed by atoms with E-state index in [9.17, 15) is 0 Å². The molecule has 0 radical (unpaired) electrons. The van der Waals surface area contributed by atoms with Gasteiger partial charge in [-0.25, -0.2) is 0 Å². The molecule has 3 heteroatoms. The summed E-state index contributed by atoms with van der Waals surface area (Å²) in [5.74, 6) is 0. The highest BCUT2D eigenvalue weighted by atomic mass is 15.2. The predicted octanol–water partition coefficient (Wildman–Crippen LogP) is 2.11. The van der Waals surface area contributed by atoms with Gasteiger partial charge in [-0.15, -0.1) is 0 Å². The quantitative estimate of drug-likeness (QED) is 0.794. The van der Waals surface area contributed by atoms with Crippen molar-refractivity contribution in [3.05, 3.63) is 23.8 Å². The van der Waals surface area contributed by atoms with E-state index in [1.54, 1.807) is 0 Å². The number of nitrogen functional groups attached to an aromatic ring is 1. The fourth-order valence-corrected chi connectivity index (χ4v) is 2.73. The van der Waals surface area contributed by atoms with E-state index in [1.165, 1.54) is 30.6 Å². The van der Waals surface area contributed by atoms with Gasteiger partial charge in [0.25, 0.3) is 0 Å². The van der Waals surface area contributed by atoms with Gasteiger partial charge in [-0.05, 0) is 57.1 Å². The van der Waals surface area contributed by atoms with Crippen molar-refractivity contribution in [2.45, 2.75) is 25.8 Å². The van der Waals surface area contributed by atoms with E-state index in [1.807, 2.05) is 6.07 Å². The summed E-state index contributed by atoms with van der Waals surface area (Å²) in [4.78, 5) is 4.82. The topological polar surface area (TPSA) is 32.5 Å². The first kappa shape index (κ1) is 12.2. The first-order valence-electron chi connectivity index (χ1n) is 6.35. The molecule has 2 N–H and O–H groups in total. The van der Waals surface area contributed by atoms with E-state index in [0.717, 1.165) is 12.2 Å². The lowest BCUT2D eigenvalue weighted by Crippen LogP contribution is -2.45. The number of anilines is 2. The second-order valence-corrected chi connectivity index (χ2v) is 5.22. The summed E-state index contributed by atoms with van der Waals surface area (Å²) in [6.07, 6.45) is 2.57. The highest BCUT2D eigenvalue weighted by Gasteiger charge is 2.21. The smallest absolute Gasteiger partial charge is 0.0414 e. The Bertz CT molecular complexity index is 389. The molecule has 1 aliphatic heterocycles. The van der Waals surface area contributed by atoms with Crippen molar-refractivity contribution in [2.24, 2.45) is 0 Å². The van der Waals surface area contributed by atoms with E-state index in [0.29, 0.717) is 6.04 Å². The molecule has 0 aliphatic carbocycles. The monoisotopic (exact) mass is 233 g/mol. The van der Waals surface area contributed by atoms with Crippen LogP contribution in [-0.2, 0) is 0 Å². The number of nitrogens with zero attached hydrogens (tertiary/aromatic N) is 2. The summed E-state index contributed by atoms with van der Waals surface area (Å²) in [5, 5.41) is 0. The molecule has 1 saturated heterocycles. The Kier molecular flexibility index (Phi) is 3.57. The molecule has 1 atom stereocenters. The normalized spacial score (nSPS) is 21.5. The van der Waals surface area contributed by atoms with E-state index < -0.39 is 0 Å². The van der Waals surface area contributed by atoms with Gasteiger partial charge in [0.15, 0.2) is 0 Å². The summed E-state index contributed by atoms with van der Waals surface area (Å²) in [6.45, 7) is 4.51. The van der Waals surface area contributed by atoms with Gasteiger partial charge in [0.2, 0.25) is 0 Å². The second-order valence-electron chi connectivity index (χ2n) is 5.22. The third-order valence-corrected chi connectivity index (χ3v) is 3.75. The fraction of sp³-hybridized carbons (Fsp3) is 0.571. The molecular weight excluding hydrogens is 210 g/mol. The van der Waals surface area contributed by atoms with Crippen LogP contribution in [0.25, 0.3) is 0 Å². The molecule has 3 nitrogen and oxygen atoms in total. The summed E-state index contributed by atoms with van der Waals surface area (Å²) in [6, 6.07) is 6.80. The standard InChI is InChI=1S/C14H23N3/c1-11-9-12(15)6-7-14(11)17(3)13-5-4-8-16(2)10-13/h6-7,9,13H,4-5,8,10,15H2,1-3H3. The average Bonchev–Trinajstić information content (AvgIpc) is 2.28. The van der Waals surface area contributed by atoms with Crippen LogP contribution >= 0.6 is 0 Å². The van der Waals surface area contributed by atoms with Crippen molar-refractivity contribution >= 4 is 11.4 Å². The van der Waals surface area contributed by atoms with Crippen molar-refractivity contribution in [2.75, 3.05) is 37.8 Å². The minimum Gasteiger partial charge on any atom is -0.399 e. The Balaban J connectivity index is 2.15. The number of likely N-dealkylation sites (N-methyl/N-ethyl adjacent to an activating group) is 2. The molecule has 1 heterocycles. The van der Waals surface area contributed by atoms with Crippen LogP contribution in [0.5, 0.6) is 0 Å². The second kappa shape index (κ2) is 4.96. The highest BCUT2D eigenvalue weighted by molar-refractivity contribution is 5.59. The molecule has 2 rings (SSSR count). The maximum atomic E-state index is 5.80. The minimum atomic E-state index is 0.621. The SMILES string of the molecule is Cc1cc(N)ccc1N(C)C1CCCN(C)C1. The van der Waals surface area contributed by atoms with Crippen molar-refractivity contribution in [1.82, 2.24) is 4.90 Å². The lowest BCUT2D eigenvalue weighted by Gasteiger charge is -2.37. The molecule has 0 aromatic heterocycles. The number of hydrogen-bond acceptors (Lipinski definition) is 3. The molecule has 1 unspecified atom stereocenters. The van der Waals surface area contributed by atoms with Crippen LogP contribution in [-0.4, -0.2) is 38.1 Å². The van der Waals surface area contributed by atoms with E-state index >= 15 is 0 Å². The van der Waals surface area contributed by atoms with Crippen LogP contribution in [0.15, 0.2) is 18.2 Å². The van der Waals surface area contributed by atoms with E-state index in [2.05, 4.69) is 43.0 Å². The number of likely N-dealkylation sites (tertiary alicyclic amines) is 1. The van der Waals surface area contributed by atoms with Crippen LogP contribution < -0.4 is 10.6 Å². The molecule has 17 heavy (non-hydrogen) atoms. The molecule has 1 fully saturated rings. The molecule has 1 aromatic rings. The van der Waals surface area contributed by atoms with E-state index in [-0.39, 0.29) is 0 Å².